The van der Waals surface area contributed by atoms with Crippen LogP contribution in [0.1, 0.15) is 64.2 Å². The maximum atomic E-state index is 9.75. The smallest absolute Gasteiger partial charge is 0.431 e. The number of hydrogen-bond donors (Lipinski definition) is 1. The monoisotopic (exact) mass is 308 g/mol. The molecular formula is C13H21BF4N2O. The Kier molecular flexibility index (Phi) is 7.50. The Labute approximate surface area is 122 Å². The van der Waals surface area contributed by atoms with Crippen molar-refractivity contribution in [2.75, 3.05) is 0 Å². The second-order valence-corrected chi connectivity index (χ2v) is 5.27. The van der Waals surface area contributed by atoms with Crippen molar-refractivity contribution >= 4 is 24.7 Å². The van der Waals surface area contributed by atoms with Crippen LogP contribution >= 0.6 is 0 Å². The van der Waals surface area contributed by atoms with Gasteiger partial charge in [-0.15, -0.1) is 0 Å². The van der Waals surface area contributed by atoms with Crippen LogP contribution in [0.5, 0.6) is 0 Å². The van der Waals surface area contributed by atoms with Gasteiger partial charge in [-0.25, -0.2) is 0 Å². The lowest BCUT2D eigenvalue weighted by Gasteiger charge is -2.06. The summed E-state index contributed by atoms with van der Waals surface area (Å²) in [5.74, 6) is 0. The van der Waals surface area contributed by atoms with Crippen LogP contribution in [-0.2, 0) is 0 Å². The molecule has 2 aliphatic rings. The van der Waals surface area contributed by atoms with Crippen molar-refractivity contribution in [1.82, 2.24) is 4.67 Å². The Morgan fingerprint density at radius 1 is 0.857 bits per heavy atom. The molecule has 2 saturated carbocycles. The van der Waals surface area contributed by atoms with E-state index < -0.39 is 7.25 Å². The summed E-state index contributed by atoms with van der Waals surface area (Å²) in [6, 6.07) is -0.00574. The first-order valence-electron chi connectivity index (χ1n) is 7.41. The Hall–Kier alpha value is -1.30. The average molecular weight is 308 g/mol. The van der Waals surface area contributed by atoms with E-state index in [-0.39, 0.29) is 6.02 Å². The van der Waals surface area contributed by atoms with Gasteiger partial charge < -0.3 is 22.4 Å². The number of halogens is 4. The first-order chi connectivity index (χ1) is 9.84. The summed E-state index contributed by atoms with van der Waals surface area (Å²) in [6.07, 6.45) is 11.6. The molecule has 2 aliphatic carbocycles. The van der Waals surface area contributed by atoms with Crippen LogP contribution in [0.4, 0.5) is 17.3 Å². The van der Waals surface area contributed by atoms with Crippen LogP contribution in [0.3, 0.4) is 0 Å². The van der Waals surface area contributed by atoms with Crippen molar-refractivity contribution in [2.24, 2.45) is 4.99 Å². The SMILES string of the molecule is F[B-](F)(F)F.OC(N=C1CCCCC1)=[N+]=C1CCCCC1. The molecule has 3 nitrogen and oxygen atoms in total. The normalized spacial score (nSPS) is 19.2. The number of nitrogens with zero attached hydrogens (tertiary/aromatic N) is 2. The van der Waals surface area contributed by atoms with E-state index in [0.717, 1.165) is 37.1 Å². The van der Waals surface area contributed by atoms with Crippen molar-refractivity contribution in [3.63, 3.8) is 0 Å². The summed E-state index contributed by atoms with van der Waals surface area (Å²) >= 11 is 0. The molecule has 21 heavy (non-hydrogen) atoms. The molecule has 1 N–H and O–H groups in total. The van der Waals surface area contributed by atoms with E-state index in [4.69, 9.17) is 0 Å². The van der Waals surface area contributed by atoms with Crippen molar-refractivity contribution in [3.05, 3.63) is 0 Å². The van der Waals surface area contributed by atoms with Gasteiger partial charge in [0.25, 0.3) is 0 Å². The Bertz CT molecular complexity index is 406. The van der Waals surface area contributed by atoms with Crippen LogP contribution in [-0.4, -0.2) is 29.8 Å². The topological polar surface area (TPSA) is 46.7 Å². The van der Waals surface area contributed by atoms with E-state index >= 15 is 0 Å². The third-order valence-electron chi connectivity index (χ3n) is 3.38. The molecular weight excluding hydrogens is 287 g/mol. The van der Waals surface area contributed by atoms with Gasteiger partial charge in [0.1, 0.15) is 5.71 Å². The summed E-state index contributed by atoms with van der Waals surface area (Å²) < 4.78 is 43.2. The second kappa shape index (κ2) is 8.87. The molecule has 120 valence electrons. The number of aliphatic hydroxyl groups excluding tert-OH is 1. The molecule has 2 fully saturated rings. The summed E-state index contributed by atoms with van der Waals surface area (Å²) in [7, 11) is -6.00. The van der Waals surface area contributed by atoms with Crippen molar-refractivity contribution in [2.45, 2.75) is 64.2 Å². The predicted molar refractivity (Wildman–Crippen MR) is 78.6 cm³/mol. The average Bonchev–Trinajstić information content (AvgIpc) is 2.39. The fraction of sp³-hybridized carbons (Fsp3) is 0.769. The van der Waals surface area contributed by atoms with Gasteiger partial charge >= 0.3 is 13.3 Å². The third-order valence-corrected chi connectivity index (χ3v) is 3.38. The van der Waals surface area contributed by atoms with E-state index in [0.29, 0.717) is 0 Å². The zero-order valence-electron chi connectivity index (χ0n) is 12.0. The zero-order chi connectivity index (χ0) is 15.7. The lowest BCUT2D eigenvalue weighted by molar-refractivity contribution is 0.368. The van der Waals surface area contributed by atoms with Crippen LogP contribution in [0, 0.1) is 0 Å². The summed E-state index contributed by atoms with van der Waals surface area (Å²) in [5, 5.41) is 9.70. The number of aliphatic hydroxyl groups is 1. The molecule has 0 aliphatic heterocycles. The molecule has 0 atom stereocenters. The third kappa shape index (κ3) is 10.1. The molecule has 0 aromatic heterocycles. The molecule has 0 bridgehead atoms. The van der Waals surface area contributed by atoms with Gasteiger partial charge in [0.15, 0.2) is 5.71 Å². The quantitative estimate of drug-likeness (QED) is 0.237. The van der Waals surface area contributed by atoms with Crippen LogP contribution in [0.15, 0.2) is 4.99 Å². The largest absolute Gasteiger partial charge is 0.673 e. The van der Waals surface area contributed by atoms with E-state index in [1.54, 1.807) is 0 Å². The number of rotatable bonds is 0. The fourth-order valence-electron chi connectivity index (χ4n) is 2.45. The molecule has 2 rings (SSSR count). The second-order valence-electron chi connectivity index (χ2n) is 5.27. The summed E-state index contributed by atoms with van der Waals surface area (Å²) in [4.78, 5) is 4.23. The van der Waals surface area contributed by atoms with Crippen LogP contribution in [0.2, 0.25) is 0 Å². The standard InChI is InChI=1S/C13H20N2O.BF4/c16-13(14-11-7-3-1-4-8-11)15-12-9-5-2-6-10-12;2-1(3,4)5/h1-10H2;/q;-1/p+1. The highest BCUT2D eigenvalue weighted by atomic mass is 19.5. The summed E-state index contributed by atoms with van der Waals surface area (Å²) in [6.45, 7) is 0. The van der Waals surface area contributed by atoms with Crippen molar-refractivity contribution in [3.8, 4) is 0 Å². The molecule has 0 aromatic rings. The maximum absolute atomic E-state index is 9.75. The Morgan fingerprint density at radius 3 is 1.76 bits per heavy atom. The Morgan fingerprint density at radius 2 is 1.29 bits per heavy atom. The van der Waals surface area contributed by atoms with E-state index in [1.165, 1.54) is 38.5 Å². The van der Waals surface area contributed by atoms with Gasteiger partial charge in [-0.3, -0.25) is 0 Å². The summed E-state index contributed by atoms with van der Waals surface area (Å²) in [5.41, 5.74) is 2.26. The predicted octanol–water partition coefficient (Wildman–Crippen LogP) is 4.08. The van der Waals surface area contributed by atoms with E-state index in [2.05, 4.69) is 9.66 Å². The molecule has 0 spiro atoms. The molecule has 0 unspecified atom stereocenters. The first kappa shape index (κ1) is 17.8. The van der Waals surface area contributed by atoms with Crippen LogP contribution < -0.4 is 4.67 Å². The van der Waals surface area contributed by atoms with Gasteiger partial charge in [-0.05, 0) is 25.7 Å². The Balaban J connectivity index is 0.000000383. The minimum Gasteiger partial charge on any atom is -0.431 e. The number of hydrogen-bond acceptors (Lipinski definition) is 0. The van der Waals surface area contributed by atoms with Gasteiger partial charge in [0.2, 0.25) is 0 Å². The van der Waals surface area contributed by atoms with Crippen molar-refractivity contribution in [1.29, 1.82) is 0 Å². The maximum Gasteiger partial charge on any atom is 0.673 e. The van der Waals surface area contributed by atoms with Gasteiger partial charge in [-0.1, -0.05) is 12.8 Å². The highest BCUT2D eigenvalue weighted by Gasteiger charge is 2.20. The highest BCUT2D eigenvalue weighted by Crippen LogP contribution is 2.15. The first-order valence-corrected chi connectivity index (χ1v) is 7.41. The van der Waals surface area contributed by atoms with Crippen molar-refractivity contribution < 1.29 is 22.4 Å². The highest BCUT2D eigenvalue weighted by molar-refractivity contribution is 6.50. The molecule has 0 amide bonds. The molecule has 0 saturated heterocycles. The van der Waals surface area contributed by atoms with E-state index in [9.17, 15) is 22.4 Å². The molecule has 0 heterocycles. The molecule has 8 heteroatoms. The minimum atomic E-state index is -6.00. The molecule has 0 radical (unpaired) electrons. The lowest BCUT2D eigenvalue weighted by Crippen LogP contribution is -2.13. The van der Waals surface area contributed by atoms with Gasteiger partial charge in [-0.2, -0.15) is 4.67 Å². The minimum absolute atomic E-state index is 0.00574. The zero-order valence-corrected chi connectivity index (χ0v) is 12.0. The number of amidine groups is 1. The number of aliphatic imine (C=N–C) groups is 1. The fourth-order valence-corrected chi connectivity index (χ4v) is 2.45. The lowest BCUT2D eigenvalue weighted by atomic mass is 9.98. The molecule has 0 aromatic carbocycles. The van der Waals surface area contributed by atoms with Gasteiger partial charge in [0.05, 0.1) is 0 Å². The van der Waals surface area contributed by atoms with Gasteiger partial charge in [0, 0.05) is 30.7 Å². The van der Waals surface area contributed by atoms with E-state index in [1.807, 2.05) is 0 Å². The van der Waals surface area contributed by atoms with Crippen LogP contribution in [0.25, 0.3) is 0 Å².